The Balaban J connectivity index is 2.62. The number of carboxylic acids is 2. The van der Waals surface area contributed by atoms with Crippen LogP contribution in [0.1, 0.15) is 71.3 Å². The highest BCUT2D eigenvalue weighted by Gasteiger charge is 2.44. The monoisotopic (exact) mass is 386 g/mol. The quantitative estimate of drug-likeness (QED) is 0.247. The second-order valence-electron chi connectivity index (χ2n) is 7.81. The molecule has 1 aromatic carbocycles. The van der Waals surface area contributed by atoms with Crippen molar-refractivity contribution >= 4 is 11.9 Å². The summed E-state index contributed by atoms with van der Waals surface area (Å²) in [5.41, 5.74) is 1.80. The van der Waals surface area contributed by atoms with Gasteiger partial charge >= 0.3 is 11.9 Å². The van der Waals surface area contributed by atoms with Crippen molar-refractivity contribution in [3.63, 3.8) is 0 Å². The van der Waals surface area contributed by atoms with Crippen LogP contribution in [-0.2, 0) is 16.0 Å². The third-order valence-electron chi connectivity index (χ3n) is 5.12. The highest BCUT2D eigenvalue weighted by Crippen LogP contribution is 2.32. The standard InChI is InChI=1S/C24H34O4/c1-19(2)11-10-12-20(3)16-18-24(22(25)26,23(27)28)17-9-5-8-15-21-13-6-4-7-14-21/h4,6-7,11,13-14,16H,5,8-10,12,15,17-18H2,1-3H3,(H,25,26)(H,27,28)/b20-16+. The number of aliphatic carboxylic acids is 2. The maximum atomic E-state index is 11.8. The smallest absolute Gasteiger partial charge is 0.321 e. The molecule has 4 nitrogen and oxygen atoms in total. The lowest BCUT2D eigenvalue weighted by Gasteiger charge is -2.24. The zero-order valence-electron chi connectivity index (χ0n) is 17.4. The molecule has 154 valence electrons. The predicted molar refractivity (Wildman–Crippen MR) is 113 cm³/mol. The van der Waals surface area contributed by atoms with Gasteiger partial charge < -0.3 is 10.2 Å². The van der Waals surface area contributed by atoms with Gasteiger partial charge in [-0.15, -0.1) is 0 Å². The van der Waals surface area contributed by atoms with Gasteiger partial charge in [0.05, 0.1) is 0 Å². The average molecular weight is 387 g/mol. The zero-order valence-corrected chi connectivity index (χ0v) is 17.4. The Hall–Kier alpha value is -2.36. The molecule has 0 unspecified atom stereocenters. The van der Waals surface area contributed by atoms with E-state index in [0.29, 0.717) is 6.42 Å². The molecule has 0 heterocycles. The van der Waals surface area contributed by atoms with Gasteiger partial charge in [-0.05, 0) is 64.9 Å². The number of hydrogen-bond donors (Lipinski definition) is 2. The number of carboxylic acid groups (broad SMARTS) is 2. The SMILES string of the molecule is CC(C)=CCC/C(C)=C/CC(CCCCCc1ccccc1)(C(=O)O)C(=O)O. The van der Waals surface area contributed by atoms with E-state index in [0.717, 1.165) is 37.7 Å². The summed E-state index contributed by atoms with van der Waals surface area (Å²) in [6, 6.07) is 10.1. The van der Waals surface area contributed by atoms with E-state index in [2.05, 4.69) is 18.2 Å². The number of hydrogen-bond acceptors (Lipinski definition) is 2. The molecule has 0 bridgehead atoms. The van der Waals surface area contributed by atoms with Crippen molar-refractivity contribution in [2.45, 2.75) is 72.1 Å². The third kappa shape index (κ3) is 8.12. The van der Waals surface area contributed by atoms with Crippen LogP contribution in [0, 0.1) is 5.41 Å². The van der Waals surface area contributed by atoms with Crippen molar-refractivity contribution < 1.29 is 19.8 Å². The maximum absolute atomic E-state index is 11.8. The van der Waals surface area contributed by atoms with Crippen molar-refractivity contribution in [3.8, 4) is 0 Å². The Labute approximate surface area is 169 Å². The van der Waals surface area contributed by atoms with E-state index in [9.17, 15) is 19.8 Å². The molecule has 0 saturated carbocycles. The Bertz CT molecular complexity index is 668. The van der Waals surface area contributed by atoms with Crippen LogP contribution in [0.2, 0.25) is 0 Å². The van der Waals surface area contributed by atoms with Crippen LogP contribution in [0.25, 0.3) is 0 Å². The van der Waals surface area contributed by atoms with Gasteiger partial charge in [-0.2, -0.15) is 0 Å². The highest BCUT2D eigenvalue weighted by atomic mass is 16.4. The van der Waals surface area contributed by atoms with Crippen LogP contribution in [0.5, 0.6) is 0 Å². The van der Waals surface area contributed by atoms with Crippen LogP contribution in [0.4, 0.5) is 0 Å². The number of unbranched alkanes of at least 4 members (excludes halogenated alkanes) is 2. The molecule has 0 aliphatic heterocycles. The van der Waals surface area contributed by atoms with Crippen molar-refractivity contribution in [2.24, 2.45) is 5.41 Å². The first-order valence-corrected chi connectivity index (χ1v) is 10.1. The molecule has 1 rings (SSSR count). The van der Waals surface area contributed by atoms with Crippen LogP contribution in [-0.4, -0.2) is 22.2 Å². The van der Waals surface area contributed by atoms with Gasteiger partial charge in [-0.25, -0.2) is 0 Å². The summed E-state index contributed by atoms with van der Waals surface area (Å²) < 4.78 is 0. The first kappa shape index (κ1) is 23.7. The maximum Gasteiger partial charge on any atom is 0.321 e. The Morgan fingerprint density at radius 1 is 0.929 bits per heavy atom. The molecule has 0 saturated heterocycles. The molecule has 28 heavy (non-hydrogen) atoms. The second kappa shape index (κ2) is 12.2. The van der Waals surface area contributed by atoms with E-state index < -0.39 is 17.4 Å². The van der Waals surface area contributed by atoms with Gasteiger partial charge in [-0.1, -0.05) is 66.5 Å². The van der Waals surface area contributed by atoms with Gasteiger partial charge in [0.2, 0.25) is 0 Å². The van der Waals surface area contributed by atoms with Gasteiger partial charge in [0.1, 0.15) is 0 Å². The number of carbonyl (C=O) groups is 2. The number of rotatable bonds is 13. The molecule has 0 aliphatic rings. The van der Waals surface area contributed by atoms with E-state index in [4.69, 9.17) is 0 Å². The zero-order chi connectivity index (χ0) is 21.0. The second-order valence-corrected chi connectivity index (χ2v) is 7.81. The van der Waals surface area contributed by atoms with Gasteiger partial charge in [0.25, 0.3) is 0 Å². The summed E-state index contributed by atoms with van der Waals surface area (Å²) in [7, 11) is 0. The first-order chi connectivity index (χ1) is 13.3. The molecule has 0 aromatic heterocycles. The predicted octanol–water partition coefficient (Wildman–Crippen LogP) is 6.03. The normalized spacial score (nSPS) is 11.9. The van der Waals surface area contributed by atoms with Crippen molar-refractivity contribution in [1.82, 2.24) is 0 Å². The molecule has 2 N–H and O–H groups in total. The van der Waals surface area contributed by atoms with Crippen molar-refractivity contribution in [2.75, 3.05) is 0 Å². The minimum Gasteiger partial charge on any atom is -0.480 e. The molecule has 4 heteroatoms. The van der Waals surface area contributed by atoms with E-state index in [1.807, 2.05) is 39.0 Å². The van der Waals surface area contributed by atoms with Gasteiger partial charge in [0, 0.05) is 0 Å². The first-order valence-electron chi connectivity index (χ1n) is 10.1. The molecule has 1 aromatic rings. The number of allylic oxidation sites excluding steroid dienone is 4. The van der Waals surface area contributed by atoms with E-state index >= 15 is 0 Å². The Morgan fingerprint density at radius 2 is 1.57 bits per heavy atom. The van der Waals surface area contributed by atoms with E-state index in [1.54, 1.807) is 6.08 Å². The molecule has 0 amide bonds. The average Bonchev–Trinajstić information content (AvgIpc) is 2.64. The van der Waals surface area contributed by atoms with Crippen LogP contribution < -0.4 is 0 Å². The van der Waals surface area contributed by atoms with Crippen LogP contribution >= 0.6 is 0 Å². The Morgan fingerprint density at radius 3 is 2.14 bits per heavy atom. The molecule has 0 spiro atoms. The summed E-state index contributed by atoms with van der Waals surface area (Å²) >= 11 is 0. The summed E-state index contributed by atoms with van der Waals surface area (Å²) in [4.78, 5) is 23.7. The number of benzene rings is 1. The molecular weight excluding hydrogens is 352 g/mol. The van der Waals surface area contributed by atoms with Gasteiger partial charge in [-0.3, -0.25) is 9.59 Å². The van der Waals surface area contributed by atoms with E-state index in [-0.39, 0.29) is 12.8 Å². The summed E-state index contributed by atoms with van der Waals surface area (Å²) in [6.45, 7) is 6.01. The van der Waals surface area contributed by atoms with Gasteiger partial charge in [0.15, 0.2) is 5.41 Å². The lowest BCUT2D eigenvalue weighted by Crippen LogP contribution is -2.39. The summed E-state index contributed by atoms with van der Waals surface area (Å²) in [5.74, 6) is -2.48. The fourth-order valence-electron chi connectivity index (χ4n) is 3.20. The molecule has 0 atom stereocenters. The highest BCUT2D eigenvalue weighted by molar-refractivity contribution is 5.98. The third-order valence-corrected chi connectivity index (χ3v) is 5.12. The summed E-state index contributed by atoms with van der Waals surface area (Å²) in [5, 5.41) is 19.3. The van der Waals surface area contributed by atoms with Crippen molar-refractivity contribution in [3.05, 3.63) is 59.2 Å². The molecule has 0 aliphatic carbocycles. The molecule has 0 radical (unpaired) electrons. The minimum atomic E-state index is -1.73. The lowest BCUT2D eigenvalue weighted by molar-refractivity contribution is -0.165. The molecular formula is C24H34O4. The summed E-state index contributed by atoms with van der Waals surface area (Å²) in [6.07, 6.45) is 9.09. The lowest BCUT2D eigenvalue weighted by atomic mass is 9.78. The topological polar surface area (TPSA) is 74.6 Å². The van der Waals surface area contributed by atoms with Crippen LogP contribution in [0.3, 0.4) is 0 Å². The molecule has 0 fully saturated rings. The Kier molecular flexibility index (Phi) is 10.3. The fourth-order valence-corrected chi connectivity index (χ4v) is 3.20. The fraction of sp³-hybridized carbons (Fsp3) is 0.500. The van der Waals surface area contributed by atoms with Crippen molar-refractivity contribution in [1.29, 1.82) is 0 Å². The number of aryl methyl sites for hydroxylation is 1. The minimum absolute atomic E-state index is 0.0387. The van der Waals surface area contributed by atoms with Crippen LogP contribution in [0.15, 0.2) is 53.6 Å². The largest absolute Gasteiger partial charge is 0.480 e. The van der Waals surface area contributed by atoms with E-state index in [1.165, 1.54) is 11.1 Å².